The first-order chi connectivity index (χ1) is 15.1. The van der Waals surface area contributed by atoms with Crippen molar-refractivity contribution >= 4 is 17.5 Å². The summed E-state index contributed by atoms with van der Waals surface area (Å²) in [5.41, 5.74) is 3.38. The van der Waals surface area contributed by atoms with Crippen molar-refractivity contribution < 1.29 is 14.3 Å². The van der Waals surface area contributed by atoms with Crippen LogP contribution in [-0.2, 0) is 17.8 Å². The molecular weight excluding hydrogens is 410 g/mol. The minimum atomic E-state index is 0.0594. The van der Waals surface area contributed by atoms with E-state index in [1.54, 1.807) is 14.2 Å². The van der Waals surface area contributed by atoms with E-state index >= 15 is 0 Å². The molecule has 1 amide bonds. The van der Waals surface area contributed by atoms with Crippen LogP contribution in [0, 0.1) is 0 Å². The average molecular weight is 436 g/mol. The van der Waals surface area contributed by atoms with E-state index in [-0.39, 0.29) is 17.9 Å². The van der Waals surface area contributed by atoms with Gasteiger partial charge in [0.2, 0.25) is 5.91 Å². The molecule has 4 rings (SSSR count). The summed E-state index contributed by atoms with van der Waals surface area (Å²) in [6.45, 7) is 0.529. The molecule has 1 aliphatic heterocycles. The molecule has 1 saturated heterocycles. The molecule has 0 unspecified atom stereocenters. The van der Waals surface area contributed by atoms with Gasteiger partial charge in [0.1, 0.15) is 0 Å². The van der Waals surface area contributed by atoms with E-state index in [4.69, 9.17) is 21.1 Å². The lowest BCUT2D eigenvalue weighted by Crippen LogP contribution is -2.36. The summed E-state index contributed by atoms with van der Waals surface area (Å²) >= 11 is 6.10. The molecule has 0 saturated carbocycles. The number of carbonyl (C=O) groups excluding carboxylic acids is 1. The van der Waals surface area contributed by atoms with E-state index in [2.05, 4.69) is 12.1 Å². The quantitative estimate of drug-likeness (QED) is 0.493. The zero-order valence-electron chi connectivity index (χ0n) is 17.8. The molecule has 31 heavy (non-hydrogen) atoms. The number of amides is 1. The maximum atomic E-state index is 13.2. The Morgan fingerprint density at radius 1 is 0.903 bits per heavy atom. The monoisotopic (exact) mass is 435 g/mol. The smallest absolute Gasteiger partial charge is 0.223 e. The molecule has 0 radical (unpaired) electrons. The summed E-state index contributed by atoms with van der Waals surface area (Å²) in [5.74, 6) is 1.63. The Balaban J connectivity index is 1.65. The second-order valence-electron chi connectivity index (χ2n) is 7.83. The molecule has 0 bridgehead atoms. The van der Waals surface area contributed by atoms with E-state index in [0.717, 1.165) is 17.5 Å². The van der Waals surface area contributed by atoms with Crippen LogP contribution >= 0.6 is 11.6 Å². The van der Waals surface area contributed by atoms with Gasteiger partial charge in [-0.25, -0.2) is 0 Å². The average Bonchev–Trinajstić information content (AvgIpc) is 3.10. The van der Waals surface area contributed by atoms with E-state index < -0.39 is 0 Å². The molecule has 0 spiro atoms. The molecule has 0 aromatic heterocycles. The Labute approximate surface area is 188 Å². The fourth-order valence-corrected chi connectivity index (χ4v) is 4.51. The summed E-state index contributed by atoms with van der Waals surface area (Å²) in [4.78, 5) is 15.2. The third-order valence-electron chi connectivity index (χ3n) is 5.97. The van der Waals surface area contributed by atoms with Crippen molar-refractivity contribution in [1.29, 1.82) is 0 Å². The number of hydrogen-bond acceptors (Lipinski definition) is 3. The lowest BCUT2D eigenvalue weighted by Gasteiger charge is -2.29. The summed E-state index contributed by atoms with van der Waals surface area (Å²) in [6, 6.07) is 24.1. The lowest BCUT2D eigenvalue weighted by atomic mass is 9.88. The molecule has 4 nitrogen and oxygen atoms in total. The fourth-order valence-electron chi connectivity index (χ4n) is 4.38. The van der Waals surface area contributed by atoms with Crippen LogP contribution in [0.15, 0.2) is 72.8 Å². The van der Waals surface area contributed by atoms with Crippen LogP contribution in [0.4, 0.5) is 0 Å². The van der Waals surface area contributed by atoms with E-state index in [0.29, 0.717) is 29.5 Å². The van der Waals surface area contributed by atoms with Gasteiger partial charge in [-0.1, -0.05) is 60.1 Å². The van der Waals surface area contributed by atoms with E-state index in [9.17, 15) is 4.79 Å². The Kier molecular flexibility index (Phi) is 6.47. The number of hydrogen-bond donors (Lipinski definition) is 0. The number of nitrogens with zero attached hydrogens (tertiary/aromatic N) is 1. The largest absolute Gasteiger partial charge is 0.493 e. The van der Waals surface area contributed by atoms with Crippen molar-refractivity contribution in [2.75, 3.05) is 14.2 Å². The van der Waals surface area contributed by atoms with Crippen LogP contribution in [0.1, 0.15) is 29.0 Å². The van der Waals surface area contributed by atoms with Crippen LogP contribution in [0.3, 0.4) is 0 Å². The first-order valence-corrected chi connectivity index (χ1v) is 10.8. The van der Waals surface area contributed by atoms with Gasteiger partial charge in [-0.15, -0.1) is 0 Å². The standard InChI is InChI=1S/C26H26ClNO3/c1-30-24-13-8-19(15-25(24)31-2)17-28-23(14-18-6-4-3-5-7-18)22(16-26(28)29)20-9-11-21(27)12-10-20/h3-13,15,22-23H,14,16-17H2,1-2H3/t22-,23+/m1/s1. The van der Waals surface area contributed by atoms with Crippen molar-refractivity contribution in [1.82, 2.24) is 4.90 Å². The topological polar surface area (TPSA) is 38.8 Å². The van der Waals surface area contributed by atoms with Gasteiger partial charge in [-0.2, -0.15) is 0 Å². The summed E-state index contributed by atoms with van der Waals surface area (Å²) < 4.78 is 10.8. The van der Waals surface area contributed by atoms with Crippen molar-refractivity contribution in [2.24, 2.45) is 0 Å². The molecule has 3 aromatic carbocycles. The molecule has 2 atom stereocenters. The third-order valence-corrected chi connectivity index (χ3v) is 6.22. The maximum Gasteiger partial charge on any atom is 0.223 e. The highest BCUT2D eigenvalue weighted by Gasteiger charge is 2.40. The van der Waals surface area contributed by atoms with Crippen LogP contribution in [0.25, 0.3) is 0 Å². The maximum absolute atomic E-state index is 13.2. The Morgan fingerprint density at radius 2 is 1.61 bits per heavy atom. The van der Waals surface area contributed by atoms with Gasteiger partial charge in [0.25, 0.3) is 0 Å². The van der Waals surface area contributed by atoms with Gasteiger partial charge >= 0.3 is 0 Å². The summed E-state index contributed by atoms with van der Waals surface area (Å²) in [5, 5.41) is 0.704. The number of benzene rings is 3. The summed E-state index contributed by atoms with van der Waals surface area (Å²) in [6.07, 6.45) is 1.29. The Hall–Kier alpha value is -2.98. The van der Waals surface area contributed by atoms with Crippen molar-refractivity contribution in [3.05, 3.63) is 94.5 Å². The number of halogens is 1. The first-order valence-electron chi connectivity index (χ1n) is 10.4. The SMILES string of the molecule is COc1ccc(CN2C(=O)C[C@H](c3ccc(Cl)cc3)[C@@H]2Cc2ccccc2)cc1OC. The highest BCUT2D eigenvalue weighted by Crippen LogP contribution is 2.38. The normalized spacial score (nSPS) is 18.3. The number of methoxy groups -OCH3 is 2. The molecule has 5 heteroatoms. The molecule has 0 aliphatic carbocycles. The lowest BCUT2D eigenvalue weighted by molar-refractivity contribution is -0.129. The molecule has 1 aliphatic rings. The van der Waals surface area contributed by atoms with Crippen LogP contribution in [-0.4, -0.2) is 31.1 Å². The zero-order valence-corrected chi connectivity index (χ0v) is 18.5. The number of ether oxygens (including phenoxy) is 2. The molecule has 3 aromatic rings. The fraction of sp³-hybridized carbons (Fsp3) is 0.269. The minimum absolute atomic E-state index is 0.0594. The third kappa shape index (κ3) is 4.70. The molecule has 1 heterocycles. The zero-order chi connectivity index (χ0) is 21.8. The molecule has 1 fully saturated rings. The van der Waals surface area contributed by atoms with Crippen molar-refractivity contribution in [3.8, 4) is 11.5 Å². The predicted octanol–water partition coefficient (Wildman–Crippen LogP) is 5.48. The van der Waals surface area contributed by atoms with Crippen molar-refractivity contribution in [3.63, 3.8) is 0 Å². The number of rotatable bonds is 7. The minimum Gasteiger partial charge on any atom is -0.493 e. The molecule has 160 valence electrons. The van der Waals surface area contributed by atoms with Crippen LogP contribution in [0.5, 0.6) is 11.5 Å². The van der Waals surface area contributed by atoms with Gasteiger partial charge in [0, 0.05) is 29.9 Å². The van der Waals surface area contributed by atoms with E-state index in [1.807, 2.05) is 65.6 Å². The van der Waals surface area contributed by atoms with Gasteiger partial charge in [-0.05, 0) is 47.4 Å². The number of likely N-dealkylation sites (tertiary alicyclic amines) is 1. The second kappa shape index (κ2) is 9.44. The Morgan fingerprint density at radius 3 is 2.29 bits per heavy atom. The molecular formula is C26H26ClNO3. The van der Waals surface area contributed by atoms with Crippen molar-refractivity contribution in [2.45, 2.75) is 31.3 Å². The van der Waals surface area contributed by atoms with Gasteiger partial charge in [-0.3, -0.25) is 4.79 Å². The van der Waals surface area contributed by atoms with Crippen LogP contribution < -0.4 is 9.47 Å². The van der Waals surface area contributed by atoms with Crippen LogP contribution in [0.2, 0.25) is 5.02 Å². The highest BCUT2D eigenvalue weighted by atomic mass is 35.5. The summed E-state index contributed by atoms with van der Waals surface area (Å²) in [7, 11) is 3.24. The van der Waals surface area contributed by atoms with E-state index in [1.165, 1.54) is 5.56 Å². The second-order valence-corrected chi connectivity index (χ2v) is 8.27. The first kappa shape index (κ1) is 21.3. The van der Waals surface area contributed by atoms with Gasteiger partial charge in [0.15, 0.2) is 11.5 Å². The highest BCUT2D eigenvalue weighted by molar-refractivity contribution is 6.30. The Bertz CT molecular complexity index is 1040. The molecule has 0 N–H and O–H groups in total. The van der Waals surface area contributed by atoms with Gasteiger partial charge < -0.3 is 14.4 Å². The number of carbonyl (C=O) groups is 1. The predicted molar refractivity (Wildman–Crippen MR) is 123 cm³/mol. The van der Waals surface area contributed by atoms with Gasteiger partial charge in [0.05, 0.1) is 14.2 Å².